The van der Waals surface area contributed by atoms with Crippen LogP contribution in [-0.4, -0.2) is 84.9 Å². The predicted octanol–water partition coefficient (Wildman–Crippen LogP) is 3.13. The first kappa shape index (κ1) is 31.4. The third kappa shape index (κ3) is 5.69. The second-order valence-electron chi connectivity index (χ2n) is 13.0. The fourth-order valence-electron chi connectivity index (χ4n) is 7.14. The smallest absolute Gasteiger partial charge is 0.280 e. The zero-order valence-corrected chi connectivity index (χ0v) is 27.0. The van der Waals surface area contributed by atoms with E-state index in [2.05, 4.69) is 25.1 Å². The number of pyridine rings is 3. The van der Waals surface area contributed by atoms with Crippen LogP contribution < -0.4 is 21.3 Å². The molecule has 0 unspecified atom stereocenters. The van der Waals surface area contributed by atoms with E-state index in [4.69, 9.17) is 4.74 Å². The van der Waals surface area contributed by atoms with Crippen molar-refractivity contribution in [1.82, 2.24) is 28.4 Å². The average molecular weight is 671 g/mol. The number of hydrogen-bond donors (Lipinski definition) is 2. The van der Waals surface area contributed by atoms with Crippen LogP contribution in [-0.2, 0) is 31.2 Å². The van der Waals surface area contributed by atoms with Gasteiger partial charge in [-0.2, -0.15) is 0 Å². The molecule has 1 aliphatic carbocycles. The summed E-state index contributed by atoms with van der Waals surface area (Å²) in [5.41, 5.74) is 3.58. The molecule has 2 fully saturated rings. The normalized spacial score (nSPS) is 18.0. The summed E-state index contributed by atoms with van der Waals surface area (Å²) >= 11 is 0. The Kier molecular flexibility index (Phi) is 7.81. The Bertz CT molecular complexity index is 2170. The fourth-order valence-corrected chi connectivity index (χ4v) is 7.14. The van der Waals surface area contributed by atoms with Gasteiger partial charge in [-0.1, -0.05) is 0 Å². The van der Waals surface area contributed by atoms with Crippen LogP contribution in [0.5, 0.6) is 0 Å². The molecular formula is C35H36F2N8O4. The molecule has 3 aliphatic rings. The van der Waals surface area contributed by atoms with Gasteiger partial charge in [-0.3, -0.25) is 19.1 Å². The van der Waals surface area contributed by atoms with Gasteiger partial charge < -0.3 is 29.0 Å². The number of anilines is 3. The van der Waals surface area contributed by atoms with Crippen molar-refractivity contribution in [2.75, 3.05) is 49.6 Å². The number of rotatable bonds is 7. The van der Waals surface area contributed by atoms with Crippen LogP contribution in [0.25, 0.3) is 22.5 Å². The minimum atomic E-state index is -2.82. The van der Waals surface area contributed by atoms with E-state index in [0.29, 0.717) is 34.2 Å². The van der Waals surface area contributed by atoms with E-state index in [9.17, 15) is 23.5 Å². The van der Waals surface area contributed by atoms with E-state index in [1.807, 2.05) is 12.1 Å². The van der Waals surface area contributed by atoms with Crippen molar-refractivity contribution in [2.45, 2.75) is 37.8 Å². The van der Waals surface area contributed by atoms with Gasteiger partial charge in [-0.05, 0) is 47.9 Å². The van der Waals surface area contributed by atoms with Crippen LogP contribution in [0.2, 0.25) is 0 Å². The molecule has 5 aromatic rings. The van der Waals surface area contributed by atoms with E-state index in [0.717, 1.165) is 50.6 Å². The Morgan fingerprint density at radius 3 is 2.57 bits per heavy atom. The summed E-state index contributed by atoms with van der Waals surface area (Å²) in [5.74, 6) is -2.10. The topological polar surface area (TPSA) is 122 Å². The fraction of sp³-hybridized carbons (Fsp3) is 0.371. The first-order valence-electron chi connectivity index (χ1n) is 16.4. The quantitative estimate of drug-likeness (QED) is 0.269. The number of hydrogen-bond acceptors (Lipinski definition) is 9. The summed E-state index contributed by atoms with van der Waals surface area (Å²) in [6.45, 7) is 4.93. The lowest BCUT2D eigenvalue weighted by atomic mass is 9.95. The highest BCUT2D eigenvalue weighted by Gasteiger charge is 2.36. The maximum Gasteiger partial charge on any atom is 0.280 e. The Balaban J connectivity index is 1.07. The number of aliphatic hydroxyl groups excluding tert-OH is 1. The van der Waals surface area contributed by atoms with Crippen LogP contribution >= 0.6 is 0 Å². The molecule has 12 nitrogen and oxygen atoms in total. The third-order valence-corrected chi connectivity index (χ3v) is 9.96. The molecular weight excluding hydrogens is 634 g/mol. The van der Waals surface area contributed by atoms with Crippen molar-refractivity contribution in [1.29, 1.82) is 0 Å². The monoisotopic (exact) mass is 670 g/mol. The molecule has 254 valence electrons. The molecule has 0 aromatic carbocycles. The number of nitrogens with zero attached hydrogens (tertiary/aromatic N) is 7. The van der Waals surface area contributed by atoms with Crippen molar-refractivity contribution in [3.8, 4) is 16.9 Å². The minimum absolute atomic E-state index is 0.190. The van der Waals surface area contributed by atoms with Gasteiger partial charge in [0.2, 0.25) is 0 Å². The van der Waals surface area contributed by atoms with Crippen LogP contribution in [0.3, 0.4) is 0 Å². The van der Waals surface area contributed by atoms with Crippen LogP contribution in [0.15, 0.2) is 70.9 Å². The zero-order chi connectivity index (χ0) is 33.9. The van der Waals surface area contributed by atoms with Gasteiger partial charge >= 0.3 is 0 Å². The molecule has 8 rings (SSSR count). The lowest BCUT2D eigenvalue weighted by Gasteiger charge is -2.43. The minimum Gasteiger partial charge on any atom is -0.392 e. The second kappa shape index (κ2) is 12.2. The standard InChI is InChI=1S/C35H36F2N8O4/c1-41-18-23(14-28(33(41)47)40-31-3-2-24(17-39-31)42-8-10-43(11-9-42)25-20-49-21-25)26-5-7-38-32(27(26)19-46)45-13-12-44-29(34(45)48)15-22-4-6-35(36,37)16-30(22)44/h2-3,5,7,12-15,17-18,25,46H,4,6,8-11,16,19-21H2,1H3,(H,39,40). The predicted molar refractivity (Wildman–Crippen MR) is 180 cm³/mol. The largest absolute Gasteiger partial charge is 0.392 e. The van der Waals surface area contributed by atoms with E-state index < -0.39 is 24.5 Å². The lowest BCUT2D eigenvalue weighted by molar-refractivity contribution is -0.0660. The number of ether oxygens (including phenoxy) is 1. The molecule has 5 aromatic heterocycles. The zero-order valence-electron chi connectivity index (χ0n) is 27.0. The molecule has 49 heavy (non-hydrogen) atoms. The first-order valence-corrected chi connectivity index (χ1v) is 16.4. The summed E-state index contributed by atoms with van der Waals surface area (Å²) in [5, 5.41) is 13.7. The van der Waals surface area contributed by atoms with Crippen LogP contribution in [0.4, 0.5) is 26.0 Å². The SMILES string of the molecule is Cn1cc(-c2ccnc(-n3ccn4c5c(cc4c3=O)CCC(F)(F)C5)c2CO)cc(Nc2ccc(N3CCN(C4COC4)CC3)cn2)c1=O. The van der Waals surface area contributed by atoms with Crippen molar-refractivity contribution in [2.24, 2.45) is 7.05 Å². The van der Waals surface area contributed by atoms with Crippen LogP contribution in [0, 0.1) is 0 Å². The Hall–Kier alpha value is -4.92. The Labute approximate surface area is 279 Å². The number of halogens is 2. The van der Waals surface area contributed by atoms with Gasteiger partial charge in [0.05, 0.1) is 44.2 Å². The molecule has 2 N–H and O–H groups in total. The number of aromatic nitrogens is 5. The van der Waals surface area contributed by atoms with E-state index >= 15 is 0 Å². The first-order chi connectivity index (χ1) is 23.7. The van der Waals surface area contributed by atoms with Gasteiger partial charge in [-0.15, -0.1) is 0 Å². The number of nitrogens with one attached hydrogen (secondary N) is 1. The molecule has 0 amide bonds. The number of piperazine rings is 1. The number of aryl methyl sites for hydroxylation is 2. The maximum absolute atomic E-state index is 14.2. The van der Waals surface area contributed by atoms with Gasteiger partial charge in [0, 0.05) is 81.3 Å². The molecule has 0 radical (unpaired) electrons. The Morgan fingerprint density at radius 2 is 1.86 bits per heavy atom. The summed E-state index contributed by atoms with van der Waals surface area (Å²) in [7, 11) is 1.64. The summed E-state index contributed by atoms with van der Waals surface area (Å²) in [6.07, 6.45) is 7.58. The van der Waals surface area contributed by atoms with Crippen molar-refractivity contribution >= 4 is 22.7 Å². The maximum atomic E-state index is 14.2. The molecule has 0 spiro atoms. The molecule has 2 aliphatic heterocycles. The molecule has 0 bridgehead atoms. The van der Waals surface area contributed by atoms with Gasteiger partial charge in [-0.25, -0.2) is 18.7 Å². The van der Waals surface area contributed by atoms with Crippen molar-refractivity contribution in [3.63, 3.8) is 0 Å². The highest BCUT2D eigenvalue weighted by molar-refractivity contribution is 5.73. The summed E-state index contributed by atoms with van der Waals surface area (Å²) < 4.78 is 38.0. The van der Waals surface area contributed by atoms with E-state index in [1.165, 1.54) is 25.9 Å². The summed E-state index contributed by atoms with van der Waals surface area (Å²) in [6, 6.07) is 9.44. The molecule has 0 saturated carbocycles. The van der Waals surface area contributed by atoms with Gasteiger partial charge in [0.15, 0.2) is 0 Å². The number of alkyl halides is 2. The lowest BCUT2D eigenvalue weighted by Crippen LogP contribution is -2.56. The van der Waals surface area contributed by atoms with Crippen LogP contribution in [0.1, 0.15) is 23.2 Å². The van der Waals surface area contributed by atoms with Gasteiger partial charge in [0.1, 0.15) is 22.8 Å². The number of fused-ring (bicyclic) bond motifs is 3. The third-order valence-electron chi connectivity index (χ3n) is 9.96. The van der Waals surface area contributed by atoms with Crippen molar-refractivity contribution < 1.29 is 18.6 Å². The highest BCUT2D eigenvalue weighted by atomic mass is 19.3. The highest BCUT2D eigenvalue weighted by Crippen LogP contribution is 2.34. The molecule has 14 heteroatoms. The second-order valence-corrected chi connectivity index (χ2v) is 13.0. The average Bonchev–Trinajstić information content (AvgIpc) is 3.44. The summed E-state index contributed by atoms with van der Waals surface area (Å²) in [4.78, 5) is 40.7. The van der Waals surface area contributed by atoms with E-state index in [-0.39, 0.29) is 35.4 Å². The number of aliphatic hydroxyl groups is 1. The molecule has 2 saturated heterocycles. The molecule has 0 atom stereocenters. The Morgan fingerprint density at radius 1 is 1.04 bits per heavy atom. The molecule has 7 heterocycles. The van der Waals surface area contributed by atoms with E-state index in [1.54, 1.807) is 43.8 Å². The van der Waals surface area contributed by atoms with Crippen molar-refractivity contribution in [3.05, 3.63) is 98.8 Å². The van der Waals surface area contributed by atoms with Gasteiger partial charge in [0.25, 0.3) is 17.0 Å².